The molecule has 1 heterocycles. The van der Waals surface area contributed by atoms with Gasteiger partial charge in [-0.3, -0.25) is 4.79 Å². The van der Waals surface area contributed by atoms with Crippen molar-refractivity contribution >= 4 is 5.91 Å². The zero-order chi connectivity index (χ0) is 18.4. The SMILES string of the molecule is CCCNC(=O)c1ccc(C[NH+](Cc2ccc(F)cc2)C(C)(C)C)o1. The molecular weight excluding hydrogens is 319 g/mol. The third-order valence-corrected chi connectivity index (χ3v) is 4.20. The first kappa shape index (κ1) is 19.2. The van der Waals surface area contributed by atoms with E-state index in [0.29, 0.717) is 18.8 Å². The minimum atomic E-state index is -0.227. The van der Waals surface area contributed by atoms with Crippen molar-refractivity contribution < 1.29 is 18.5 Å². The van der Waals surface area contributed by atoms with Crippen LogP contribution < -0.4 is 10.2 Å². The van der Waals surface area contributed by atoms with E-state index in [1.165, 1.54) is 17.0 Å². The summed E-state index contributed by atoms with van der Waals surface area (Å²) in [6, 6.07) is 10.2. The van der Waals surface area contributed by atoms with Crippen molar-refractivity contribution in [2.24, 2.45) is 0 Å². The second-order valence-corrected chi connectivity index (χ2v) is 7.36. The van der Waals surface area contributed by atoms with E-state index in [9.17, 15) is 9.18 Å². The summed E-state index contributed by atoms with van der Waals surface area (Å²) in [6.45, 7) is 10.5. The second-order valence-electron chi connectivity index (χ2n) is 7.36. The van der Waals surface area contributed by atoms with Gasteiger partial charge in [0.25, 0.3) is 5.91 Å². The number of quaternary nitrogens is 1. The van der Waals surface area contributed by atoms with Gasteiger partial charge in [-0.25, -0.2) is 4.39 Å². The van der Waals surface area contributed by atoms with Gasteiger partial charge < -0.3 is 14.6 Å². The number of benzene rings is 1. The molecule has 2 N–H and O–H groups in total. The maximum atomic E-state index is 13.1. The lowest BCUT2D eigenvalue weighted by Gasteiger charge is -2.31. The van der Waals surface area contributed by atoms with Crippen LogP contribution >= 0.6 is 0 Å². The van der Waals surface area contributed by atoms with E-state index in [2.05, 4.69) is 26.1 Å². The smallest absolute Gasteiger partial charge is 0.286 e. The zero-order valence-electron chi connectivity index (χ0n) is 15.5. The Balaban J connectivity index is 2.08. The maximum Gasteiger partial charge on any atom is 0.286 e. The van der Waals surface area contributed by atoms with Gasteiger partial charge in [-0.05, 0) is 51.5 Å². The molecule has 1 aromatic carbocycles. The predicted octanol–water partition coefficient (Wildman–Crippen LogP) is 2.94. The first-order chi connectivity index (χ1) is 11.8. The molecule has 0 spiro atoms. The molecule has 0 aliphatic rings. The molecule has 0 radical (unpaired) electrons. The van der Waals surface area contributed by atoms with Crippen LogP contribution in [0.4, 0.5) is 4.39 Å². The fourth-order valence-electron chi connectivity index (χ4n) is 2.57. The van der Waals surface area contributed by atoms with Gasteiger partial charge in [0.15, 0.2) is 11.5 Å². The summed E-state index contributed by atoms with van der Waals surface area (Å²) in [4.78, 5) is 13.2. The summed E-state index contributed by atoms with van der Waals surface area (Å²) in [5, 5.41) is 2.82. The Kier molecular flexibility index (Phi) is 6.37. The Labute approximate surface area is 149 Å². The van der Waals surface area contributed by atoms with Crippen molar-refractivity contribution in [3.63, 3.8) is 0 Å². The van der Waals surface area contributed by atoms with Gasteiger partial charge in [-0.2, -0.15) is 0 Å². The Hall–Kier alpha value is -2.14. The van der Waals surface area contributed by atoms with Crippen LogP contribution in [0.5, 0.6) is 0 Å². The number of hydrogen-bond donors (Lipinski definition) is 2. The number of nitrogens with one attached hydrogen (secondary N) is 2. The highest BCUT2D eigenvalue weighted by Gasteiger charge is 2.27. The van der Waals surface area contributed by atoms with Crippen LogP contribution in [-0.4, -0.2) is 18.0 Å². The summed E-state index contributed by atoms with van der Waals surface area (Å²) in [7, 11) is 0. The number of furan rings is 1. The summed E-state index contributed by atoms with van der Waals surface area (Å²) in [5.74, 6) is 0.714. The number of halogens is 1. The molecule has 0 fully saturated rings. The highest BCUT2D eigenvalue weighted by atomic mass is 19.1. The number of amides is 1. The molecule has 1 amide bonds. The van der Waals surface area contributed by atoms with Crippen LogP contribution in [0.3, 0.4) is 0 Å². The van der Waals surface area contributed by atoms with Gasteiger partial charge in [-0.15, -0.1) is 0 Å². The largest absolute Gasteiger partial charge is 0.450 e. The van der Waals surface area contributed by atoms with Crippen LogP contribution in [0.15, 0.2) is 40.8 Å². The van der Waals surface area contributed by atoms with Crippen molar-refractivity contribution in [3.05, 3.63) is 59.3 Å². The number of carbonyl (C=O) groups excluding carboxylic acids is 1. The summed E-state index contributed by atoms with van der Waals surface area (Å²) in [6.07, 6.45) is 0.888. The third-order valence-electron chi connectivity index (χ3n) is 4.20. The minimum absolute atomic E-state index is 0.0220. The number of hydrogen-bond acceptors (Lipinski definition) is 2. The van der Waals surface area contributed by atoms with Crippen LogP contribution in [-0.2, 0) is 13.1 Å². The minimum Gasteiger partial charge on any atom is -0.450 e. The van der Waals surface area contributed by atoms with E-state index in [-0.39, 0.29) is 17.3 Å². The molecule has 2 rings (SSSR count). The van der Waals surface area contributed by atoms with Gasteiger partial charge in [0.1, 0.15) is 18.9 Å². The average molecular weight is 347 g/mol. The molecular formula is C20H28FN2O2+. The van der Waals surface area contributed by atoms with E-state index in [0.717, 1.165) is 24.3 Å². The molecule has 1 unspecified atom stereocenters. The Bertz CT molecular complexity index is 686. The van der Waals surface area contributed by atoms with E-state index in [1.807, 2.05) is 25.1 Å². The second kappa shape index (κ2) is 8.30. The summed E-state index contributed by atoms with van der Waals surface area (Å²) >= 11 is 0. The molecule has 0 aliphatic heterocycles. The van der Waals surface area contributed by atoms with Gasteiger partial charge in [0.05, 0.1) is 5.54 Å². The highest BCUT2D eigenvalue weighted by molar-refractivity contribution is 5.91. The van der Waals surface area contributed by atoms with Gasteiger partial charge >= 0.3 is 0 Å². The lowest BCUT2D eigenvalue weighted by molar-refractivity contribution is -0.973. The first-order valence-electron chi connectivity index (χ1n) is 8.76. The molecule has 136 valence electrons. The quantitative estimate of drug-likeness (QED) is 0.809. The fraction of sp³-hybridized carbons (Fsp3) is 0.450. The van der Waals surface area contributed by atoms with E-state index in [1.54, 1.807) is 6.07 Å². The van der Waals surface area contributed by atoms with Gasteiger partial charge in [0, 0.05) is 12.1 Å². The Morgan fingerprint density at radius 3 is 2.40 bits per heavy atom. The summed E-state index contributed by atoms with van der Waals surface area (Å²) < 4.78 is 18.8. The standard InChI is InChI=1S/C20H27FN2O2/c1-5-12-22-19(24)18-11-10-17(25-18)14-23(20(2,3)4)13-15-6-8-16(21)9-7-15/h6-11H,5,12-14H2,1-4H3,(H,22,24)/p+1. The molecule has 0 bridgehead atoms. The highest BCUT2D eigenvalue weighted by Crippen LogP contribution is 2.09. The van der Waals surface area contributed by atoms with Crippen molar-refractivity contribution in [1.29, 1.82) is 0 Å². The van der Waals surface area contributed by atoms with Gasteiger partial charge in [-0.1, -0.05) is 19.1 Å². The monoisotopic (exact) mass is 347 g/mol. The van der Waals surface area contributed by atoms with Crippen LogP contribution in [0, 0.1) is 5.82 Å². The normalized spacial score (nSPS) is 12.8. The molecule has 1 atom stereocenters. The predicted molar refractivity (Wildman–Crippen MR) is 95.9 cm³/mol. The van der Waals surface area contributed by atoms with Crippen molar-refractivity contribution in [3.8, 4) is 0 Å². The van der Waals surface area contributed by atoms with Crippen LogP contribution in [0.2, 0.25) is 0 Å². The molecule has 0 saturated heterocycles. The number of carbonyl (C=O) groups is 1. The molecule has 25 heavy (non-hydrogen) atoms. The molecule has 0 saturated carbocycles. The number of rotatable bonds is 7. The lowest BCUT2D eigenvalue weighted by atomic mass is 10.0. The zero-order valence-corrected chi connectivity index (χ0v) is 15.5. The molecule has 1 aromatic heterocycles. The van der Waals surface area contributed by atoms with E-state index < -0.39 is 0 Å². The topological polar surface area (TPSA) is 46.7 Å². The fourth-order valence-corrected chi connectivity index (χ4v) is 2.57. The van der Waals surface area contributed by atoms with Gasteiger partial charge in [0.2, 0.25) is 0 Å². The maximum absolute atomic E-state index is 13.1. The average Bonchev–Trinajstić information content (AvgIpc) is 3.02. The summed E-state index contributed by atoms with van der Waals surface area (Å²) in [5.41, 5.74) is 1.05. The van der Waals surface area contributed by atoms with E-state index >= 15 is 0 Å². The van der Waals surface area contributed by atoms with Crippen LogP contribution in [0.25, 0.3) is 0 Å². The third kappa shape index (κ3) is 5.71. The first-order valence-corrected chi connectivity index (χ1v) is 8.76. The Morgan fingerprint density at radius 1 is 1.12 bits per heavy atom. The molecule has 5 heteroatoms. The molecule has 0 aliphatic carbocycles. The van der Waals surface area contributed by atoms with Crippen molar-refractivity contribution in [1.82, 2.24) is 5.32 Å². The molecule has 2 aromatic rings. The van der Waals surface area contributed by atoms with E-state index in [4.69, 9.17) is 4.42 Å². The molecule has 4 nitrogen and oxygen atoms in total. The van der Waals surface area contributed by atoms with Crippen molar-refractivity contribution in [2.75, 3.05) is 6.54 Å². The van der Waals surface area contributed by atoms with Crippen molar-refractivity contribution in [2.45, 2.75) is 52.7 Å². The van der Waals surface area contributed by atoms with Crippen LogP contribution in [0.1, 0.15) is 56.0 Å². The lowest BCUT2D eigenvalue weighted by Crippen LogP contribution is -3.16. The Morgan fingerprint density at radius 2 is 1.80 bits per heavy atom.